The van der Waals surface area contributed by atoms with E-state index in [1.54, 1.807) is 24.3 Å². The standard InChI is InChI=1S/C29H22Cl3FN2O2/c1-29(2)15-25(34-27(36)17-5-10-20(33)11-6-17)23-14-22(16-3-7-18(30)8-4-16)26(35-28(23)37-29)21-12-9-19(31)13-24(21)32/h3-14,25H,15H2,1-2H3,(H,34,36)/t25-/m1/s1. The maximum Gasteiger partial charge on any atom is 0.251 e. The van der Waals surface area contributed by atoms with Crippen LogP contribution in [0.1, 0.15) is 42.2 Å². The van der Waals surface area contributed by atoms with Crippen LogP contribution < -0.4 is 10.1 Å². The molecule has 4 nitrogen and oxygen atoms in total. The quantitative estimate of drug-likeness (QED) is 0.274. The molecular formula is C29H22Cl3FN2O2. The number of amides is 1. The minimum atomic E-state index is -0.608. The number of pyridine rings is 1. The summed E-state index contributed by atoms with van der Waals surface area (Å²) >= 11 is 18.9. The van der Waals surface area contributed by atoms with Gasteiger partial charge >= 0.3 is 0 Å². The molecule has 1 atom stereocenters. The number of hydrogen-bond donors (Lipinski definition) is 1. The molecule has 0 aliphatic carbocycles. The first-order valence-corrected chi connectivity index (χ1v) is 12.7. The lowest BCUT2D eigenvalue weighted by molar-refractivity contribution is 0.0572. The van der Waals surface area contributed by atoms with Gasteiger partial charge < -0.3 is 10.1 Å². The summed E-state index contributed by atoms with van der Waals surface area (Å²) in [5, 5.41) is 4.66. The van der Waals surface area contributed by atoms with Crippen LogP contribution in [0, 0.1) is 5.82 Å². The molecule has 5 rings (SSSR count). The Morgan fingerprint density at radius 3 is 2.30 bits per heavy atom. The molecule has 1 aliphatic rings. The summed E-state index contributed by atoms with van der Waals surface area (Å²) in [6.45, 7) is 3.88. The molecule has 37 heavy (non-hydrogen) atoms. The lowest BCUT2D eigenvalue weighted by atomic mass is 9.88. The Bertz CT molecular complexity index is 1490. The fourth-order valence-corrected chi connectivity index (χ4v) is 5.08. The summed E-state index contributed by atoms with van der Waals surface area (Å²) in [7, 11) is 0. The molecule has 1 N–H and O–H groups in total. The van der Waals surface area contributed by atoms with Gasteiger partial charge in [-0.3, -0.25) is 4.79 Å². The van der Waals surface area contributed by atoms with Crippen LogP contribution in [0.2, 0.25) is 15.1 Å². The van der Waals surface area contributed by atoms with Crippen molar-refractivity contribution in [2.24, 2.45) is 0 Å². The van der Waals surface area contributed by atoms with Crippen molar-refractivity contribution in [3.63, 3.8) is 0 Å². The monoisotopic (exact) mass is 554 g/mol. The van der Waals surface area contributed by atoms with Crippen molar-refractivity contribution in [1.82, 2.24) is 10.3 Å². The molecule has 0 spiro atoms. The minimum absolute atomic E-state index is 0.313. The largest absolute Gasteiger partial charge is 0.471 e. The van der Waals surface area contributed by atoms with Crippen LogP contribution >= 0.6 is 34.8 Å². The number of hydrogen-bond acceptors (Lipinski definition) is 3. The smallest absolute Gasteiger partial charge is 0.251 e. The maximum atomic E-state index is 13.4. The van der Waals surface area contributed by atoms with E-state index in [1.165, 1.54) is 24.3 Å². The zero-order chi connectivity index (χ0) is 26.3. The van der Waals surface area contributed by atoms with Crippen molar-refractivity contribution in [1.29, 1.82) is 0 Å². The summed E-state index contributed by atoms with van der Waals surface area (Å²) in [5.74, 6) is -0.315. The van der Waals surface area contributed by atoms with E-state index in [2.05, 4.69) is 5.32 Å². The molecule has 8 heteroatoms. The van der Waals surface area contributed by atoms with Crippen LogP contribution in [-0.2, 0) is 0 Å². The molecule has 1 aliphatic heterocycles. The Morgan fingerprint density at radius 2 is 1.62 bits per heavy atom. The van der Waals surface area contributed by atoms with E-state index in [0.717, 1.165) is 16.7 Å². The van der Waals surface area contributed by atoms with E-state index in [0.29, 0.717) is 44.2 Å². The fourth-order valence-electron chi connectivity index (χ4n) is 4.46. The van der Waals surface area contributed by atoms with E-state index in [-0.39, 0.29) is 5.91 Å². The second kappa shape index (κ2) is 9.97. The van der Waals surface area contributed by atoms with Gasteiger partial charge in [0.1, 0.15) is 11.4 Å². The van der Waals surface area contributed by atoms with E-state index in [9.17, 15) is 9.18 Å². The Labute approximate surface area is 229 Å². The summed E-state index contributed by atoms with van der Waals surface area (Å²) in [4.78, 5) is 18.0. The zero-order valence-electron chi connectivity index (χ0n) is 20.0. The van der Waals surface area contributed by atoms with Crippen LogP contribution in [0.4, 0.5) is 4.39 Å². The number of rotatable bonds is 4. The molecule has 188 valence electrons. The van der Waals surface area contributed by atoms with Gasteiger partial charge in [-0.2, -0.15) is 0 Å². The van der Waals surface area contributed by atoms with Crippen LogP contribution in [0.15, 0.2) is 72.8 Å². The van der Waals surface area contributed by atoms with Gasteiger partial charge in [-0.15, -0.1) is 0 Å². The van der Waals surface area contributed by atoms with Crippen LogP contribution in [-0.4, -0.2) is 16.5 Å². The predicted molar refractivity (Wildman–Crippen MR) is 146 cm³/mol. The molecule has 0 unspecified atom stereocenters. The number of nitrogens with zero attached hydrogens (tertiary/aromatic N) is 1. The van der Waals surface area contributed by atoms with E-state index in [4.69, 9.17) is 44.5 Å². The van der Waals surface area contributed by atoms with Crippen molar-refractivity contribution >= 4 is 40.7 Å². The Kier molecular flexibility index (Phi) is 6.88. The van der Waals surface area contributed by atoms with Gasteiger partial charge in [-0.1, -0.05) is 46.9 Å². The number of halogens is 4. The molecular weight excluding hydrogens is 534 g/mol. The number of nitrogens with one attached hydrogen (secondary N) is 1. The third-order valence-electron chi connectivity index (χ3n) is 6.21. The predicted octanol–water partition coefficient (Wildman–Crippen LogP) is 8.55. The SMILES string of the molecule is CC1(C)C[C@@H](NC(=O)c2ccc(F)cc2)c2cc(-c3ccc(Cl)cc3)c(-c3ccc(Cl)cc3Cl)nc2O1. The van der Waals surface area contributed by atoms with Gasteiger partial charge in [-0.25, -0.2) is 9.37 Å². The van der Waals surface area contributed by atoms with Gasteiger partial charge in [0.25, 0.3) is 5.91 Å². The first-order chi connectivity index (χ1) is 17.6. The molecule has 0 bridgehead atoms. The molecule has 0 fully saturated rings. The Balaban J connectivity index is 1.65. The zero-order valence-corrected chi connectivity index (χ0v) is 22.3. The van der Waals surface area contributed by atoms with Gasteiger partial charge in [0.05, 0.1) is 16.8 Å². The average molecular weight is 556 g/mol. The van der Waals surface area contributed by atoms with Gasteiger partial charge in [0.15, 0.2) is 0 Å². The van der Waals surface area contributed by atoms with Crippen LogP contribution in [0.25, 0.3) is 22.4 Å². The van der Waals surface area contributed by atoms with Gasteiger partial charge in [0, 0.05) is 38.7 Å². The molecule has 2 heterocycles. The van der Waals surface area contributed by atoms with Crippen molar-refractivity contribution in [2.75, 3.05) is 0 Å². The molecule has 4 aromatic rings. The third-order valence-corrected chi connectivity index (χ3v) is 7.01. The third kappa shape index (κ3) is 5.45. The second-order valence-electron chi connectivity index (χ2n) is 9.51. The molecule has 3 aromatic carbocycles. The van der Waals surface area contributed by atoms with Crippen molar-refractivity contribution in [3.8, 4) is 28.3 Å². The molecule has 1 amide bonds. The van der Waals surface area contributed by atoms with E-state index in [1.807, 2.05) is 38.1 Å². The summed E-state index contributed by atoms with van der Waals surface area (Å²) in [6.07, 6.45) is 0.510. The van der Waals surface area contributed by atoms with Crippen molar-refractivity contribution < 1.29 is 13.9 Å². The number of aromatic nitrogens is 1. The number of carbonyl (C=O) groups excluding carboxylic acids is 1. The van der Waals surface area contributed by atoms with E-state index < -0.39 is 17.5 Å². The summed E-state index contributed by atoms with van der Waals surface area (Å²) < 4.78 is 19.7. The maximum absolute atomic E-state index is 13.4. The van der Waals surface area contributed by atoms with Crippen molar-refractivity contribution in [2.45, 2.75) is 31.9 Å². The minimum Gasteiger partial charge on any atom is -0.471 e. The van der Waals surface area contributed by atoms with Crippen molar-refractivity contribution in [3.05, 3.63) is 105 Å². The summed E-state index contributed by atoms with van der Waals surface area (Å²) in [6, 6.07) is 19.7. The normalized spacial score (nSPS) is 16.0. The first-order valence-electron chi connectivity index (χ1n) is 11.6. The number of benzene rings is 3. The van der Waals surface area contributed by atoms with E-state index >= 15 is 0 Å². The number of ether oxygens (including phenoxy) is 1. The Hall–Kier alpha value is -3.12. The lowest BCUT2D eigenvalue weighted by Crippen LogP contribution is -2.41. The van der Waals surface area contributed by atoms with Crippen LogP contribution in [0.5, 0.6) is 5.88 Å². The Morgan fingerprint density at radius 1 is 0.946 bits per heavy atom. The second-order valence-corrected chi connectivity index (χ2v) is 10.8. The van der Waals surface area contributed by atoms with Gasteiger partial charge in [-0.05, 0) is 80.1 Å². The van der Waals surface area contributed by atoms with Crippen LogP contribution in [0.3, 0.4) is 0 Å². The summed E-state index contributed by atoms with van der Waals surface area (Å²) in [5.41, 5.74) is 3.46. The fraction of sp³-hybridized carbons (Fsp3) is 0.172. The number of carbonyl (C=O) groups is 1. The molecule has 0 saturated heterocycles. The highest BCUT2D eigenvalue weighted by molar-refractivity contribution is 6.36. The highest BCUT2D eigenvalue weighted by Gasteiger charge is 2.37. The molecule has 0 radical (unpaired) electrons. The molecule has 0 saturated carbocycles. The average Bonchev–Trinajstić information content (AvgIpc) is 2.84. The lowest BCUT2D eigenvalue weighted by Gasteiger charge is -2.37. The first kappa shape index (κ1) is 25.5. The highest BCUT2D eigenvalue weighted by Crippen LogP contribution is 2.45. The topological polar surface area (TPSA) is 51.2 Å². The highest BCUT2D eigenvalue weighted by atomic mass is 35.5. The number of fused-ring (bicyclic) bond motifs is 1. The van der Waals surface area contributed by atoms with Gasteiger partial charge in [0.2, 0.25) is 5.88 Å². The molecule has 1 aromatic heterocycles.